The van der Waals surface area contributed by atoms with E-state index in [-0.39, 0.29) is 11.2 Å². The molecule has 0 bridgehead atoms. The van der Waals surface area contributed by atoms with Gasteiger partial charge in [-0.05, 0) is 31.3 Å². The summed E-state index contributed by atoms with van der Waals surface area (Å²) in [6, 6.07) is 0. The molecule has 1 fully saturated rings. The molecule has 0 aliphatic heterocycles. The van der Waals surface area contributed by atoms with Crippen molar-refractivity contribution in [1.82, 2.24) is 0 Å². The molecule has 1 aliphatic rings. The van der Waals surface area contributed by atoms with E-state index in [9.17, 15) is 4.79 Å². The van der Waals surface area contributed by atoms with Crippen LogP contribution < -0.4 is 0 Å². The number of carbonyl (C=O) groups excluding carboxylic acids is 1. The molecule has 1 saturated carbocycles. The van der Waals surface area contributed by atoms with Crippen LogP contribution in [0, 0.1) is 11.3 Å². The average Bonchev–Trinajstić information content (AvgIpc) is 2.68. The molecule has 1 rings (SSSR count). The molecule has 0 spiro atoms. The lowest BCUT2D eigenvalue weighted by atomic mass is 9.86. The molecule has 1 heteroatoms. The summed E-state index contributed by atoms with van der Waals surface area (Å²) in [6.07, 6.45) is 4.68. The van der Waals surface area contributed by atoms with Gasteiger partial charge in [0.15, 0.2) is 5.78 Å². The van der Waals surface area contributed by atoms with Crippen LogP contribution in [0.1, 0.15) is 40.5 Å². The van der Waals surface area contributed by atoms with Crippen molar-refractivity contribution in [3.63, 3.8) is 0 Å². The van der Waals surface area contributed by atoms with Crippen molar-refractivity contribution >= 4 is 5.78 Å². The van der Waals surface area contributed by atoms with Gasteiger partial charge in [-0.2, -0.15) is 0 Å². The smallest absolute Gasteiger partial charge is 0.163 e. The number of hydrogen-bond acceptors (Lipinski definition) is 1. The second-order valence-electron chi connectivity index (χ2n) is 4.77. The van der Waals surface area contributed by atoms with Crippen LogP contribution in [0.2, 0.25) is 0 Å². The van der Waals surface area contributed by atoms with E-state index >= 15 is 0 Å². The first-order chi connectivity index (χ1) is 5.41. The summed E-state index contributed by atoms with van der Waals surface area (Å²) >= 11 is 0. The molecule has 0 aromatic rings. The summed E-state index contributed by atoms with van der Waals surface area (Å²) in [7, 11) is 0. The van der Waals surface area contributed by atoms with Crippen molar-refractivity contribution in [2.24, 2.45) is 11.3 Å². The highest BCUT2D eigenvalue weighted by Crippen LogP contribution is 2.32. The summed E-state index contributed by atoms with van der Waals surface area (Å²) in [5.74, 6) is 0.991. The third kappa shape index (κ3) is 2.47. The average molecular weight is 166 g/mol. The summed E-state index contributed by atoms with van der Waals surface area (Å²) < 4.78 is 0. The molecule has 0 aromatic carbocycles. The first-order valence-electron chi connectivity index (χ1n) is 4.64. The van der Waals surface area contributed by atoms with Gasteiger partial charge in [0, 0.05) is 5.41 Å². The quantitative estimate of drug-likeness (QED) is 0.576. The van der Waals surface area contributed by atoms with Crippen LogP contribution in [0.25, 0.3) is 0 Å². The van der Waals surface area contributed by atoms with E-state index in [2.05, 4.69) is 6.08 Å². The maximum absolute atomic E-state index is 11.7. The Kier molecular flexibility index (Phi) is 2.41. The molecular formula is C11H18O. The Balaban J connectivity index is 2.62. The normalized spacial score (nSPS) is 19.5. The van der Waals surface area contributed by atoms with Crippen molar-refractivity contribution in [2.45, 2.75) is 40.5 Å². The second kappa shape index (κ2) is 3.04. The number of hydrogen-bond donors (Lipinski definition) is 0. The van der Waals surface area contributed by atoms with E-state index in [1.54, 1.807) is 0 Å². The Hall–Kier alpha value is -0.590. The minimum Gasteiger partial charge on any atom is -0.294 e. The van der Waals surface area contributed by atoms with Crippen LogP contribution in [0.15, 0.2) is 11.6 Å². The number of ketones is 1. The maximum Gasteiger partial charge on any atom is 0.163 e. The van der Waals surface area contributed by atoms with Crippen LogP contribution in [0.4, 0.5) is 0 Å². The predicted molar refractivity (Wildman–Crippen MR) is 50.9 cm³/mol. The molecule has 1 nitrogen and oxygen atoms in total. The number of Topliss-reactive ketones (excluding diaryl/α,β-unsaturated/α-hetero) is 1. The summed E-state index contributed by atoms with van der Waals surface area (Å²) in [4.78, 5) is 11.7. The van der Waals surface area contributed by atoms with Gasteiger partial charge < -0.3 is 0 Å². The Labute approximate surface area is 74.9 Å². The fraction of sp³-hybridized carbons (Fsp3) is 0.727. The molecule has 0 amide bonds. The van der Waals surface area contributed by atoms with Crippen LogP contribution in [-0.4, -0.2) is 5.78 Å². The highest BCUT2D eigenvalue weighted by molar-refractivity contribution is 5.98. The van der Waals surface area contributed by atoms with Crippen molar-refractivity contribution < 1.29 is 4.79 Å². The van der Waals surface area contributed by atoms with Crippen LogP contribution in [0.5, 0.6) is 0 Å². The number of allylic oxidation sites excluding steroid dienone is 2. The standard InChI is InChI=1S/C11H18O/c1-8(7-9-5-6-9)10(12)11(2,3)4/h7,9H,5-6H2,1-4H3/b8-7+. The molecule has 0 atom stereocenters. The first-order valence-corrected chi connectivity index (χ1v) is 4.64. The second-order valence-corrected chi connectivity index (χ2v) is 4.77. The summed E-state index contributed by atoms with van der Waals surface area (Å²) in [5.41, 5.74) is 0.736. The highest BCUT2D eigenvalue weighted by atomic mass is 16.1. The number of rotatable bonds is 2. The van der Waals surface area contributed by atoms with Gasteiger partial charge in [0.05, 0.1) is 0 Å². The van der Waals surface area contributed by atoms with Crippen molar-refractivity contribution in [3.8, 4) is 0 Å². The maximum atomic E-state index is 11.7. The zero-order valence-electron chi connectivity index (χ0n) is 8.48. The Morgan fingerprint density at radius 3 is 2.17 bits per heavy atom. The van der Waals surface area contributed by atoms with Gasteiger partial charge in [0.2, 0.25) is 0 Å². The molecule has 0 N–H and O–H groups in total. The highest BCUT2D eigenvalue weighted by Gasteiger charge is 2.25. The van der Waals surface area contributed by atoms with Crippen LogP contribution in [0.3, 0.4) is 0 Å². The first kappa shape index (κ1) is 9.50. The zero-order valence-corrected chi connectivity index (χ0v) is 8.48. The summed E-state index contributed by atoms with van der Waals surface area (Å²) in [6.45, 7) is 7.85. The predicted octanol–water partition coefficient (Wildman–Crippen LogP) is 2.96. The zero-order chi connectivity index (χ0) is 9.35. The third-order valence-corrected chi connectivity index (χ3v) is 2.15. The van der Waals surface area contributed by atoms with E-state index in [1.165, 1.54) is 12.8 Å². The minimum atomic E-state index is -0.213. The molecule has 0 saturated heterocycles. The molecule has 0 aromatic heterocycles. The molecule has 68 valence electrons. The van der Waals surface area contributed by atoms with Crippen LogP contribution in [-0.2, 0) is 4.79 Å². The van der Waals surface area contributed by atoms with E-state index in [1.807, 2.05) is 27.7 Å². The van der Waals surface area contributed by atoms with E-state index < -0.39 is 0 Å². The van der Waals surface area contributed by atoms with Gasteiger partial charge in [-0.25, -0.2) is 0 Å². The molecule has 12 heavy (non-hydrogen) atoms. The Bertz CT molecular complexity index is 214. The minimum absolute atomic E-state index is 0.213. The fourth-order valence-corrected chi connectivity index (χ4v) is 1.28. The Morgan fingerprint density at radius 1 is 1.33 bits per heavy atom. The van der Waals surface area contributed by atoms with Crippen LogP contribution >= 0.6 is 0 Å². The van der Waals surface area contributed by atoms with Gasteiger partial charge in [-0.1, -0.05) is 26.8 Å². The topological polar surface area (TPSA) is 17.1 Å². The molecule has 0 unspecified atom stereocenters. The lowest BCUT2D eigenvalue weighted by Crippen LogP contribution is -2.20. The van der Waals surface area contributed by atoms with Gasteiger partial charge in [0.1, 0.15) is 0 Å². The van der Waals surface area contributed by atoms with E-state index in [0.29, 0.717) is 5.92 Å². The molecule has 1 aliphatic carbocycles. The van der Waals surface area contributed by atoms with Gasteiger partial charge >= 0.3 is 0 Å². The molecule has 0 radical (unpaired) electrons. The van der Waals surface area contributed by atoms with Crippen molar-refractivity contribution in [1.29, 1.82) is 0 Å². The lowest BCUT2D eigenvalue weighted by Gasteiger charge is -2.16. The monoisotopic (exact) mass is 166 g/mol. The molecule has 0 heterocycles. The fourth-order valence-electron chi connectivity index (χ4n) is 1.28. The number of carbonyl (C=O) groups is 1. The molecular weight excluding hydrogens is 148 g/mol. The van der Waals surface area contributed by atoms with E-state index in [4.69, 9.17) is 0 Å². The van der Waals surface area contributed by atoms with Crippen molar-refractivity contribution in [3.05, 3.63) is 11.6 Å². The third-order valence-electron chi connectivity index (χ3n) is 2.15. The van der Waals surface area contributed by atoms with Gasteiger partial charge in [0.25, 0.3) is 0 Å². The summed E-state index contributed by atoms with van der Waals surface area (Å²) in [5, 5.41) is 0. The van der Waals surface area contributed by atoms with Gasteiger partial charge in [-0.15, -0.1) is 0 Å². The Morgan fingerprint density at radius 2 is 1.83 bits per heavy atom. The van der Waals surface area contributed by atoms with E-state index in [0.717, 1.165) is 5.57 Å². The largest absolute Gasteiger partial charge is 0.294 e. The van der Waals surface area contributed by atoms with Gasteiger partial charge in [-0.3, -0.25) is 4.79 Å². The lowest BCUT2D eigenvalue weighted by molar-refractivity contribution is -0.122. The van der Waals surface area contributed by atoms with Crippen molar-refractivity contribution in [2.75, 3.05) is 0 Å². The SMILES string of the molecule is C/C(=C\C1CC1)C(=O)C(C)(C)C.